The van der Waals surface area contributed by atoms with Gasteiger partial charge in [0.1, 0.15) is 0 Å². The van der Waals surface area contributed by atoms with E-state index in [1.165, 1.54) is 6.21 Å². The first-order chi connectivity index (χ1) is 11.8. The van der Waals surface area contributed by atoms with Gasteiger partial charge >= 0.3 is 0 Å². The number of fused-ring (bicyclic) bond motifs is 1. The van der Waals surface area contributed by atoms with E-state index in [2.05, 4.69) is 15.8 Å². The van der Waals surface area contributed by atoms with E-state index in [0.717, 1.165) is 11.3 Å². The van der Waals surface area contributed by atoms with Gasteiger partial charge in [0.2, 0.25) is 6.79 Å². The molecule has 0 unspecified atom stereocenters. The van der Waals surface area contributed by atoms with Crippen molar-refractivity contribution in [1.82, 2.24) is 5.43 Å². The van der Waals surface area contributed by atoms with Crippen LogP contribution in [0.4, 0.5) is 5.69 Å². The van der Waals surface area contributed by atoms with Gasteiger partial charge in [-0.2, -0.15) is 5.10 Å². The second-order valence-electron chi connectivity index (χ2n) is 5.00. The Bertz CT molecular complexity index is 757. The third-order valence-electron chi connectivity index (χ3n) is 3.26. The van der Waals surface area contributed by atoms with Crippen molar-refractivity contribution in [2.24, 2.45) is 5.10 Å². The highest BCUT2D eigenvalue weighted by atomic mass is 16.7. The van der Waals surface area contributed by atoms with Crippen LogP contribution >= 0.6 is 0 Å². The molecule has 0 fully saturated rings. The summed E-state index contributed by atoms with van der Waals surface area (Å²) in [5, 5.41) is 6.86. The number of hydrogen-bond donors (Lipinski definition) is 2. The van der Waals surface area contributed by atoms with Crippen LogP contribution in [0.5, 0.6) is 11.5 Å². The number of rotatable bonds is 6. The summed E-state index contributed by atoms with van der Waals surface area (Å²) in [5.41, 5.74) is 4.30. The molecule has 3 rings (SSSR count). The molecule has 2 aromatic rings. The topological polar surface area (TPSA) is 72.0 Å². The molecule has 24 heavy (non-hydrogen) atoms. The van der Waals surface area contributed by atoms with E-state index >= 15 is 0 Å². The monoisotopic (exact) mass is 323 g/mol. The van der Waals surface area contributed by atoms with Crippen LogP contribution in [0.1, 0.15) is 5.56 Å². The Morgan fingerprint density at radius 1 is 1.12 bits per heavy atom. The highest BCUT2D eigenvalue weighted by molar-refractivity contribution is 5.83. The lowest BCUT2D eigenvalue weighted by Gasteiger charge is -2.05. The van der Waals surface area contributed by atoms with Gasteiger partial charge in [0.25, 0.3) is 5.91 Å². The van der Waals surface area contributed by atoms with Gasteiger partial charge in [-0.1, -0.05) is 36.4 Å². The molecule has 0 saturated carbocycles. The fraction of sp³-hybridized carbons (Fsp3) is 0.111. The molecule has 6 nitrogen and oxygen atoms in total. The first kappa shape index (κ1) is 15.6. The van der Waals surface area contributed by atoms with Crippen LogP contribution < -0.4 is 20.2 Å². The van der Waals surface area contributed by atoms with Gasteiger partial charge < -0.3 is 14.8 Å². The van der Waals surface area contributed by atoms with E-state index in [4.69, 9.17) is 9.47 Å². The number of carbonyl (C=O) groups is 1. The minimum atomic E-state index is -0.239. The molecule has 0 aliphatic carbocycles. The lowest BCUT2D eigenvalue weighted by Crippen LogP contribution is -2.25. The zero-order valence-electron chi connectivity index (χ0n) is 12.9. The Morgan fingerprint density at radius 3 is 2.83 bits per heavy atom. The number of allylic oxidation sites excluding steroid dienone is 1. The summed E-state index contributed by atoms with van der Waals surface area (Å²) in [5.74, 6) is 1.14. The second kappa shape index (κ2) is 7.82. The van der Waals surface area contributed by atoms with Crippen LogP contribution in [0.3, 0.4) is 0 Å². The number of hydrazone groups is 1. The zero-order chi connectivity index (χ0) is 16.6. The molecule has 0 spiro atoms. The maximum atomic E-state index is 11.7. The molecule has 0 bridgehead atoms. The largest absolute Gasteiger partial charge is 0.454 e. The maximum absolute atomic E-state index is 11.7. The average Bonchev–Trinajstić information content (AvgIpc) is 3.08. The Balaban J connectivity index is 1.41. The van der Waals surface area contributed by atoms with Crippen molar-refractivity contribution < 1.29 is 14.3 Å². The molecule has 0 radical (unpaired) electrons. The maximum Gasteiger partial charge on any atom is 0.259 e. The molecule has 0 saturated heterocycles. The van der Waals surface area contributed by atoms with Gasteiger partial charge in [-0.25, -0.2) is 5.43 Å². The molecule has 2 aromatic carbocycles. The van der Waals surface area contributed by atoms with E-state index in [1.807, 2.05) is 42.5 Å². The SMILES string of the molecule is O=C(CNc1ccc2c(c1)OCO2)NN=CC=Cc1ccccc1. The number of nitrogens with one attached hydrogen (secondary N) is 2. The van der Waals surface area contributed by atoms with Crippen molar-refractivity contribution in [3.63, 3.8) is 0 Å². The van der Waals surface area contributed by atoms with Crippen molar-refractivity contribution in [3.8, 4) is 11.5 Å². The number of ether oxygens (including phenoxy) is 2. The molecule has 0 aromatic heterocycles. The first-order valence-corrected chi connectivity index (χ1v) is 7.48. The van der Waals surface area contributed by atoms with Crippen molar-refractivity contribution in [1.29, 1.82) is 0 Å². The Hall–Kier alpha value is -3.28. The van der Waals surface area contributed by atoms with Crippen LogP contribution in [0.15, 0.2) is 59.7 Å². The third kappa shape index (κ3) is 4.36. The van der Waals surface area contributed by atoms with Crippen LogP contribution in [0.2, 0.25) is 0 Å². The summed E-state index contributed by atoms with van der Waals surface area (Å²) in [6.45, 7) is 0.337. The molecular formula is C18H17N3O3. The van der Waals surface area contributed by atoms with Crippen molar-refractivity contribution in [3.05, 3.63) is 60.2 Å². The summed E-state index contributed by atoms with van der Waals surface area (Å²) in [6, 6.07) is 15.3. The Morgan fingerprint density at radius 2 is 1.96 bits per heavy atom. The zero-order valence-corrected chi connectivity index (χ0v) is 12.9. The fourth-order valence-electron chi connectivity index (χ4n) is 2.10. The second-order valence-corrected chi connectivity index (χ2v) is 5.00. The number of amides is 1. The predicted molar refractivity (Wildman–Crippen MR) is 93.2 cm³/mol. The van der Waals surface area contributed by atoms with Crippen LogP contribution in [-0.4, -0.2) is 25.5 Å². The van der Waals surface area contributed by atoms with Crippen LogP contribution in [-0.2, 0) is 4.79 Å². The Kier molecular flexibility index (Phi) is 5.09. The summed E-state index contributed by atoms with van der Waals surface area (Å²) in [7, 11) is 0. The van der Waals surface area contributed by atoms with E-state index in [9.17, 15) is 4.79 Å². The minimum absolute atomic E-state index is 0.110. The molecule has 6 heteroatoms. The molecule has 122 valence electrons. The number of anilines is 1. The van der Waals surface area contributed by atoms with E-state index in [1.54, 1.807) is 18.2 Å². The van der Waals surface area contributed by atoms with Gasteiger partial charge in [-0.05, 0) is 23.8 Å². The van der Waals surface area contributed by atoms with Crippen LogP contribution in [0, 0.1) is 0 Å². The highest BCUT2D eigenvalue weighted by Gasteiger charge is 2.13. The summed E-state index contributed by atoms with van der Waals surface area (Å²) < 4.78 is 10.5. The lowest BCUT2D eigenvalue weighted by molar-refractivity contribution is -0.119. The predicted octanol–water partition coefficient (Wildman–Crippen LogP) is 2.64. The molecular weight excluding hydrogens is 306 g/mol. The molecule has 1 heterocycles. The fourth-order valence-corrected chi connectivity index (χ4v) is 2.10. The average molecular weight is 323 g/mol. The molecule has 1 aliphatic heterocycles. The standard InChI is InChI=1S/C18H17N3O3/c22-18(21-20-10-4-7-14-5-2-1-3-6-14)12-19-15-8-9-16-17(11-15)24-13-23-16/h1-11,19H,12-13H2,(H,21,22). The van der Waals surface area contributed by atoms with Crippen molar-refractivity contribution >= 4 is 23.9 Å². The van der Waals surface area contributed by atoms with E-state index in [-0.39, 0.29) is 19.2 Å². The summed E-state index contributed by atoms with van der Waals surface area (Å²) in [6.07, 6.45) is 5.20. The van der Waals surface area contributed by atoms with E-state index < -0.39 is 0 Å². The van der Waals surface area contributed by atoms with Crippen molar-refractivity contribution in [2.45, 2.75) is 0 Å². The molecule has 0 atom stereocenters. The van der Waals surface area contributed by atoms with Crippen molar-refractivity contribution in [2.75, 3.05) is 18.7 Å². The smallest absolute Gasteiger partial charge is 0.259 e. The molecule has 1 aliphatic rings. The highest BCUT2D eigenvalue weighted by Crippen LogP contribution is 2.34. The van der Waals surface area contributed by atoms with E-state index in [0.29, 0.717) is 11.5 Å². The number of carbonyl (C=O) groups excluding carboxylic acids is 1. The van der Waals surface area contributed by atoms with Gasteiger partial charge in [-0.15, -0.1) is 0 Å². The normalized spacial score (nSPS) is 12.7. The van der Waals surface area contributed by atoms with Gasteiger partial charge in [0.05, 0.1) is 6.54 Å². The lowest BCUT2D eigenvalue weighted by atomic mass is 10.2. The number of hydrogen-bond acceptors (Lipinski definition) is 5. The minimum Gasteiger partial charge on any atom is -0.454 e. The third-order valence-corrected chi connectivity index (χ3v) is 3.26. The number of benzene rings is 2. The Labute approximate surface area is 139 Å². The summed E-state index contributed by atoms with van der Waals surface area (Å²) in [4.78, 5) is 11.7. The molecule has 1 amide bonds. The van der Waals surface area contributed by atoms with Gasteiger partial charge in [0, 0.05) is 18.0 Å². The van der Waals surface area contributed by atoms with Crippen LogP contribution in [0.25, 0.3) is 6.08 Å². The first-order valence-electron chi connectivity index (χ1n) is 7.48. The van der Waals surface area contributed by atoms with Gasteiger partial charge in [-0.3, -0.25) is 4.79 Å². The number of nitrogens with zero attached hydrogens (tertiary/aromatic N) is 1. The summed E-state index contributed by atoms with van der Waals surface area (Å²) >= 11 is 0. The van der Waals surface area contributed by atoms with Gasteiger partial charge in [0.15, 0.2) is 11.5 Å². The molecule has 2 N–H and O–H groups in total. The quantitative estimate of drug-likeness (QED) is 0.633.